The second kappa shape index (κ2) is 8.84. The van der Waals surface area contributed by atoms with E-state index in [2.05, 4.69) is 5.32 Å². The van der Waals surface area contributed by atoms with E-state index in [-0.39, 0.29) is 22.7 Å². The van der Waals surface area contributed by atoms with Crippen LogP contribution >= 0.6 is 0 Å². The standard InChI is InChI=1S/C17H14F3N3O5/c18-17(19,20)10-21-16(25)11-5-1-2-6-12(11)22-15(24)9-28-14-8-4-3-7-13(14)23(26)27/h1-8H,9-10H2,(H,21,25)(H,22,24). The van der Waals surface area contributed by atoms with Gasteiger partial charge < -0.3 is 15.4 Å². The van der Waals surface area contributed by atoms with Gasteiger partial charge in [-0.05, 0) is 18.2 Å². The Hall–Kier alpha value is -3.63. The second-order valence-electron chi connectivity index (χ2n) is 5.41. The van der Waals surface area contributed by atoms with Crippen molar-refractivity contribution in [3.63, 3.8) is 0 Å². The predicted molar refractivity (Wildman–Crippen MR) is 92.1 cm³/mol. The van der Waals surface area contributed by atoms with Crippen LogP contribution in [0.1, 0.15) is 10.4 Å². The Morgan fingerprint density at radius 3 is 2.39 bits per heavy atom. The highest BCUT2D eigenvalue weighted by atomic mass is 19.4. The smallest absolute Gasteiger partial charge is 0.405 e. The van der Waals surface area contributed by atoms with E-state index in [9.17, 15) is 32.9 Å². The van der Waals surface area contributed by atoms with Crippen molar-refractivity contribution in [2.75, 3.05) is 18.5 Å². The van der Waals surface area contributed by atoms with Gasteiger partial charge in [0.1, 0.15) is 6.54 Å². The monoisotopic (exact) mass is 397 g/mol. The van der Waals surface area contributed by atoms with Crippen LogP contribution < -0.4 is 15.4 Å². The van der Waals surface area contributed by atoms with Crippen LogP contribution in [0.15, 0.2) is 48.5 Å². The van der Waals surface area contributed by atoms with E-state index in [4.69, 9.17) is 4.74 Å². The minimum atomic E-state index is -4.58. The third-order valence-corrected chi connectivity index (χ3v) is 3.32. The molecule has 0 bridgehead atoms. The summed E-state index contributed by atoms with van der Waals surface area (Å²) in [5, 5.41) is 15.0. The largest absolute Gasteiger partial charge is 0.477 e. The van der Waals surface area contributed by atoms with Crippen LogP contribution in [0, 0.1) is 10.1 Å². The molecule has 0 saturated carbocycles. The van der Waals surface area contributed by atoms with Gasteiger partial charge in [0.2, 0.25) is 0 Å². The summed E-state index contributed by atoms with van der Waals surface area (Å²) in [5.74, 6) is -1.90. The minimum Gasteiger partial charge on any atom is -0.477 e. The van der Waals surface area contributed by atoms with E-state index in [1.165, 1.54) is 48.5 Å². The summed E-state index contributed by atoms with van der Waals surface area (Å²) in [6.07, 6.45) is -4.58. The van der Waals surface area contributed by atoms with Crippen molar-refractivity contribution >= 4 is 23.2 Å². The summed E-state index contributed by atoms with van der Waals surface area (Å²) in [6.45, 7) is -2.13. The highest BCUT2D eigenvalue weighted by molar-refractivity contribution is 6.04. The number of halogens is 3. The molecule has 0 atom stereocenters. The van der Waals surface area contributed by atoms with Gasteiger partial charge in [0, 0.05) is 6.07 Å². The number of nitro groups is 1. The molecule has 2 N–H and O–H groups in total. The summed E-state index contributed by atoms with van der Waals surface area (Å²) in [6, 6.07) is 10.9. The van der Waals surface area contributed by atoms with Gasteiger partial charge >= 0.3 is 11.9 Å². The van der Waals surface area contributed by atoms with Crippen LogP contribution in [0.3, 0.4) is 0 Å². The SMILES string of the molecule is O=C(COc1ccccc1[N+](=O)[O-])Nc1ccccc1C(=O)NCC(F)(F)F. The number of nitrogens with zero attached hydrogens (tertiary/aromatic N) is 1. The van der Waals surface area contributed by atoms with Crippen LogP contribution in [-0.2, 0) is 4.79 Å². The van der Waals surface area contributed by atoms with E-state index >= 15 is 0 Å². The van der Waals surface area contributed by atoms with Crippen molar-refractivity contribution in [3.8, 4) is 5.75 Å². The number of para-hydroxylation sites is 3. The Balaban J connectivity index is 2.03. The predicted octanol–water partition coefficient (Wildman–Crippen LogP) is 2.90. The van der Waals surface area contributed by atoms with Gasteiger partial charge in [-0.2, -0.15) is 13.2 Å². The summed E-state index contributed by atoms with van der Waals surface area (Å²) < 4.78 is 41.9. The van der Waals surface area contributed by atoms with Crippen LogP contribution in [0.25, 0.3) is 0 Å². The zero-order valence-corrected chi connectivity index (χ0v) is 14.2. The van der Waals surface area contributed by atoms with Gasteiger partial charge in [0.05, 0.1) is 16.2 Å². The Bertz CT molecular complexity index is 886. The summed E-state index contributed by atoms with van der Waals surface area (Å²) in [7, 11) is 0. The van der Waals surface area contributed by atoms with Gasteiger partial charge in [-0.3, -0.25) is 19.7 Å². The Morgan fingerprint density at radius 2 is 1.71 bits per heavy atom. The minimum absolute atomic E-state index is 0.0293. The fraction of sp³-hybridized carbons (Fsp3) is 0.176. The first-order chi connectivity index (χ1) is 13.2. The zero-order valence-electron chi connectivity index (χ0n) is 14.2. The molecule has 0 heterocycles. The molecule has 0 radical (unpaired) electrons. The first-order valence-corrected chi connectivity index (χ1v) is 7.77. The highest BCUT2D eigenvalue weighted by Gasteiger charge is 2.28. The number of ether oxygens (including phenoxy) is 1. The molecule has 0 aliphatic heterocycles. The average molecular weight is 397 g/mol. The number of nitrogens with one attached hydrogen (secondary N) is 2. The molecule has 2 amide bonds. The lowest BCUT2D eigenvalue weighted by atomic mass is 10.1. The molecule has 0 fully saturated rings. The number of alkyl halides is 3. The van der Waals surface area contributed by atoms with Crippen LogP contribution in [0.4, 0.5) is 24.5 Å². The van der Waals surface area contributed by atoms with E-state index in [1.54, 1.807) is 5.32 Å². The molecule has 0 aromatic heterocycles. The number of hydrogen-bond acceptors (Lipinski definition) is 5. The van der Waals surface area contributed by atoms with Gasteiger partial charge in [-0.1, -0.05) is 24.3 Å². The molecule has 2 aromatic rings. The van der Waals surface area contributed by atoms with E-state index in [1.807, 2.05) is 0 Å². The van der Waals surface area contributed by atoms with Crippen molar-refractivity contribution < 1.29 is 32.4 Å². The van der Waals surface area contributed by atoms with Crippen molar-refractivity contribution in [2.45, 2.75) is 6.18 Å². The van der Waals surface area contributed by atoms with Gasteiger partial charge in [-0.15, -0.1) is 0 Å². The van der Waals surface area contributed by atoms with Crippen molar-refractivity contribution in [1.82, 2.24) is 5.32 Å². The van der Waals surface area contributed by atoms with E-state index in [0.717, 1.165) is 0 Å². The normalized spacial score (nSPS) is 10.8. The number of carbonyl (C=O) groups excluding carboxylic acids is 2. The summed E-state index contributed by atoms with van der Waals surface area (Å²) in [4.78, 5) is 34.2. The van der Waals surface area contributed by atoms with Gasteiger partial charge in [0.25, 0.3) is 11.8 Å². The Kier molecular flexibility index (Phi) is 6.53. The van der Waals surface area contributed by atoms with Crippen LogP contribution in [0.5, 0.6) is 5.75 Å². The number of nitro benzene ring substituents is 1. The maximum atomic E-state index is 12.2. The molecule has 2 aromatic carbocycles. The third-order valence-electron chi connectivity index (χ3n) is 3.32. The fourth-order valence-electron chi connectivity index (χ4n) is 2.13. The quantitative estimate of drug-likeness (QED) is 0.551. The van der Waals surface area contributed by atoms with E-state index in [0.29, 0.717) is 0 Å². The lowest BCUT2D eigenvalue weighted by molar-refractivity contribution is -0.385. The fourth-order valence-corrected chi connectivity index (χ4v) is 2.13. The van der Waals surface area contributed by atoms with Crippen molar-refractivity contribution in [1.29, 1.82) is 0 Å². The molecule has 28 heavy (non-hydrogen) atoms. The van der Waals surface area contributed by atoms with E-state index < -0.39 is 36.1 Å². The molecule has 0 aliphatic carbocycles. The molecule has 0 spiro atoms. The van der Waals surface area contributed by atoms with Gasteiger partial charge in [-0.25, -0.2) is 0 Å². The number of hydrogen-bond donors (Lipinski definition) is 2. The maximum absolute atomic E-state index is 12.2. The number of amides is 2. The lowest BCUT2D eigenvalue weighted by Gasteiger charge is -2.13. The van der Waals surface area contributed by atoms with Crippen LogP contribution in [-0.4, -0.2) is 36.1 Å². The Labute approximate surface area is 156 Å². The molecule has 0 saturated heterocycles. The Morgan fingerprint density at radius 1 is 1.07 bits per heavy atom. The first kappa shape index (κ1) is 20.7. The topological polar surface area (TPSA) is 111 Å². The molecular formula is C17H14F3N3O5. The van der Waals surface area contributed by atoms with Crippen molar-refractivity contribution in [2.24, 2.45) is 0 Å². The van der Waals surface area contributed by atoms with Crippen LogP contribution in [0.2, 0.25) is 0 Å². The summed E-state index contributed by atoms with van der Waals surface area (Å²) in [5.41, 5.74) is -0.536. The summed E-state index contributed by atoms with van der Waals surface area (Å²) >= 11 is 0. The zero-order chi connectivity index (χ0) is 20.7. The second-order valence-corrected chi connectivity index (χ2v) is 5.41. The average Bonchev–Trinajstić information content (AvgIpc) is 2.64. The lowest BCUT2D eigenvalue weighted by Crippen LogP contribution is -2.34. The molecule has 8 nitrogen and oxygen atoms in total. The maximum Gasteiger partial charge on any atom is 0.405 e. The molecule has 2 rings (SSSR count). The number of benzene rings is 2. The van der Waals surface area contributed by atoms with Crippen molar-refractivity contribution in [3.05, 3.63) is 64.2 Å². The number of rotatable bonds is 7. The number of anilines is 1. The first-order valence-electron chi connectivity index (χ1n) is 7.77. The molecule has 11 heteroatoms. The molecule has 0 unspecified atom stereocenters. The number of carbonyl (C=O) groups is 2. The molecule has 148 valence electrons. The third kappa shape index (κ3) is 5.97. The highest BCUT2D eigenvalue weighted by Crippen LogP contribution is 2.25. The van der Waals surface area contributed by atoms with Gasteiger partial charge in [0.15, 0.2) is 12.4 Å². The molecular weight excluding hydrogens is 383 g/mol. The molecule has 0 aliphatic rings.